The lowest BCUT2D eigenvalue weighted by Gasteiger charge is -2.27. The second-order valence-corrected chi connectivity index (χ2v) is 10.5. The van der Waals surface area contributed by atoms with E-state index in [-0.39, 0.29) is 24.6 Å². The van der Waals surface area contributed by atoms with Gasteiger partial charge in [-0.05, 0) is 38.5 Å². The van der Waals surface area contributed by atoms with E-state index in [0.29, 0.717) is 35.8 Å². The van der Waals surface area contributed by atoms with Gasteiger partial charge in [0.15, 0.2) is 11.9 Å². The van der Waals surface area contributed by atoms with Crippen LogP contribution in [0.25, 0.3) is 11.2 Å². The molecule has 1 fully saturated rings. The van der Waals surface area contributed by atoms with E-state index in [4.69, 9.17) is 24.5 Å². The number of anilines is 1. The van der Waals surface area contributed by atoms with Gasteiger partial charge in [0, 0.05) is 6.20 Å². The van der Waals surface area contributed by atoms with Crippen LogP contribution in [0.4, 0.5) is 5.69 Å². The van der Waals surface area contributed by atoms with Crippen molar-refractivity contribution in [3.8, 4) is 5.75 Å². The molecule has 5 atom stereocenters. The number of imidazole rings is 1. The summed E-state index contributed by atoms with van der Waals surface area (Å²) >= 11 is 0. The maximum atomic E-state index is 13.8. The predicted molar refractivity (Wildman–Crippen MR) is 130 cm³/mol. The Bertz CT molecular complexity index is 1130. The Balaban J connectivity index is 1.43. The molecule has 2 unspecified atom stereocenters. The fraction of sp³-hybridized carbons (Fsp3) is 0.478. The maximum Gasteiger partial charge on any atom is 0.342 e. The molecule has 1 aliphatic rings. The quantitative estimate of drug-likeness (QED) is 0.387. The molecule has 0 aliphatic carbocycles. The molecule has 10 nitrogen and oxygen atoms in total. The highest BCUT2D eigenvalue weighted by atomic mass is 31.2. The first-order chi connectivity index (χ1) is 16.4. The average Bonchev–Trinajstić information content (AvgIpc) is 3.47. The predicted octanol–water partition coefficient (Wildman–Crippen LogP) is 3.78. The van der Waals surface area contributed by atoms with Crippen LogP contribution in [-0.2, 0) is 25.3 Å². The topological polar surface area (TPSA) is 123 Å². The SMILES string of the molecule is CC[C@H]1COC([C@H](C)NP(=O)(CO[C@H](C)Cn2cnc3c(N)ccnc32)Oc2ccccc2)O1. The number of rotatable bonds is 11. The number of pyridine rings is 1. The summed E-state index contributed by atoms with van der Waals surface area (Å²) in [6.07, 6.45) is 3.26. The number of nitrogens with one attached hydrogen (secondary N) is 1. The second-order valence-electron chi connectivity index (χ2n) is 8.44. The van der Waals surface area contributed by atoms with Crippen LogP contribution in [0.2, 0.25) is 0 Å². The van der Waals surface area contributed by atoms with Gasteiger partial charge in [0.1, 0.15) is 17.6 Å². The molecule has 11 heteroatoms. The van der Waals surface area contributed by atoms with Gasteiger partial charge >= 0.3 is 7.52 Å². The number of nitrogens with two attached hydrogens (primary N) is 1. The molecule has 3 N–H and O–H groups in total. The van der Waals surface area contributed by atoms with Crippen LogP contribution in [0.15, 0.2) is 48.9 Å². The molecule has 0 radical (unpaired) electrons. The first-order valence-corrected chi connectivity index (χ1v) is 13.2. The van der Waals surface area contributed by atoms with Crippen molar-refractivity contribution in [3.63, 3.8) is 0 Å². The monoisotopic (exact) mass is 489 g/mol. The molecule has 2 aromatic heterocycles. The Morgan fingerprint density at radius 3 is 2.79 bits per heavy atom. The third-order valence-corrected chi connectivity index (χ3v) is 7.35. The normalized spacial score (nSPS) is 21.9. The Morgan fingerprint density at radius 1 is 1.26 bits per heavy atom. The zero-order chi connectivity index (χ0) is 24.1. The Morgan fingerprint density at radius 2 is 2.06 bits per heavy atom. The third kappa shape index (κ3) is 5.95. The molecule has 1 aliphatic heterocycles. The smallest absolute Gasteiger partial charge is 0.342 e. The van der Waals surface area contributed by atoms with Gasteiger partial charge in [-0.3, -0.25) is 4.57 Å². The molecule has 184 valence electrons. The van der Waals surface area contributed by atoms with Gasteiger partial charge in [-0.2, -0.15) is 0 Å². The Kier molecular flexibility index (Phi) is 7.85. The van der Waals surface area contributed by atoms with Crippen LogP contribution in [0, 0.1) is 0 Å². The maximum absolute atomic E-state index is 13.8. The molecule has 34 heavy (non-hydrogen) atoms. The number of fused-ring (bicyclic) bond motifs is 1. The molecule has 0 saturated carbocycles. The molecule has 3 heterocycles. The van der Waals surface area contributed by atoms with Gasteiger partial charge in [-0.15, -0.1) is 0 Å². The van der Waals surface area contributed by atoms with Crippen LogP contribution in [0.1, 0.15) is 27.2 Å². The summed E-state index contributed by atoms with van der Waals surface area (Å²) in [4.78, 5) is 8.69. The largest absolute Gasteiger partial charge is 0.431 e. The number of nitrogen functional groups attached to an aromatic ring is 1. The van der Waals surface area contributed by atoms with Gasteiger partial charge in [0.25, 0.3) is 0 Å². The fourth-order valence-corrected chi connectivity index (χ4v) is 5.57. The van der Waals surface area contributed by atoms with Crippen LogP contribution >= 0.6 is 7.52 Å². The molecule has 1 saturated heterocycles. The summed E-state index contributed by atoms with van der Waals surface area (Å²) in [5, 5.41) is 3.09. The molecule has 0 bridgehead atoms. The number of hydrogen-bond acceptors (Lipinski definition) is 8. The molecule has 1 aromatic carbocycles. The van der Waals surface area contributed by atoms with E-state index in [1.54, 1.807) is 30.7 Å². The highest BCUT2D eigenvalue weighted by Gasteiger charge is 2.36. The number of ether oxygens (including phenoxy) is 3. The van der Waals surface area contributed by atoms with E-state index in [1.807, 2.05) is 43.5 Å². The lowest BCUT2D eigenvalue weighted by Crippen LogP contribution is -2.38. The highest BCUT2D eigenvalue weighted by molar-refractivity contribution is 7.57. The van der Waals surface area contributed by atoms with Crippen molar-refractivity contribution in [3.05, 3.63) is 48.9 Å². The molecule has 0 amide bonds. The minimum Gasteiger partial charge on any atom is -0.431 e. The van der Waals surface area contributed by atoms with E-state index in [2.05, 4.69) is 15.1 Å². The fourth-order valence-electron chi connectivity index (χ4n) is 3.73. The van der Waals surface area contributed by atoms with E-state index in [0.717, 1.165) is 6.42 Å². The number of para-hydroxylation sites is 1. The Hall–Kier alpha value is -2.49. The van der Waals surface area contributed by atoms with Crippen molar-refractivity contribution >= 4 is 24.4 Å². The summed E-state index contributed by atoms with van der Waals surface area (Å²) < 4.78 is 39.2. The second kappa shape index (κ2) is 10.8. The average molecular weight is 490 g/mol. The van der Waals surface area contributed by atoms with E-state index in [9.17, 15) is 4.57 Å². The van der Waals surface area contributed by atoms with Crippen LogP contribution in [0.5, 0.6) is 5.75 Å². The standard InChI is InChI=1S/C23H32N5O5P/c1-4-18-13-30-23(32-18)17(3)27-34(29,33-19-8-6-5-7-9-19)15-31-16(2)12-28-14-26-21-20(24)10-11-25-22(21)28/h5-11,14,16-18,23H,4,12-13,15H2,1-3H3,(H2,24,25)(H,27,29)/t16-,17+,18+,23?,34?/m1/s1. The zero-order valence-corrected chi connectivity index (χ0v) is 20.6. The van der Waals surface area contributed by atoms with Gasteiger partial charge in [0.05, 0.1) is 43.4 Å². The lowest BCUT2D eigenvalue weighted by molar-refractivity contribution is -0.0738. The van der Waals surface area contributed by atoms with Crippen molar-refractivity contribution in [2.24, 2.45) is 0 Å². The van der Waals surface area contributed by atoms with Crippen molar-refractivity contribution in [1.82, 2.24) is 19.6 Å². The molecule has 3 aromatic rings. The summed E-state index contributed by atoms with van der Waals surface area (Å²) in [5.74, 6) is 0.488. The number of nitrogens with zero attached hydrogens (tertiary/aromatic N) is 3. The minimum atomic E-state index is -3.47. The van der Waals surface area contributed by atoms with Crippen LogP contribution in [0.3, 0.4) is 0 Å². The minimum absolute atomic E-state index is 0.0348. The molecular weight excluding hydrogens is 457 g/mol. The lowest BCUT2D eigenvalue weighted by atomic mass is 10.3. The van der Waals surface area contributed by atoms with Gasteiger partial charge in [-0.25, -0.2) is 15.1 Å². The summed E-state index contributed by atoms with van der Waals surface area (Å²) in [6.45, 7) is 6.77. The number of hydrogen-bond donors (Lipinski definition) is 2. The van der Waals surface area contributed by atoms with Crippen molar-refractivity contribution in [1.29, 1.82) is 0 Å². The first-order valence-electron chi connectivity index (χ1n) is 11.4. The third-order valence-electron chi connectivity index (χ3n) is 5.55. The van der Waals surface area contributed by atoms with Gasteiger partial charge in [-0.1, -0.05) is 25.1 Å². The van der Waals surface area contributed by atoms with E-state index < -0.39 is 13.8 Å². The summed E-state index contributed by atoms with van der Waals surface area (Å²) in [7, 11) is -3.47. The molecule has 4 rings (SSSR count). The van der Waals surface area contributed by atoms with Crippen LogP contribution < -0.4 is 15.3 Å². The van der Waals surface area contributed by atoms with Crippen LogP contribution in [-0.4, -0.2) is 52.0 Å². The summed E-state index contributed by atoms with van der Waals surface area (Å²) in [5.41, 5.74) is 7.86. The summed E-state index contributed by atoms with van der Waals surface area (Å²) in [6, 6.07) is 10.4. The number of aromatic nitrogens is 3. The van der Waals surface area contributed by atoms with E-state index in [1.165, 1.54) is 0 Å². The van der Waals surface area contributed by atoms with Gasteiger partial charge < -0.3 is 29.0 Å². The number of benzene rings is 1. The Labute approximate surface area is 199 Å². The zero-order valence-electron chi connectivity index (χ0n) is 19.7. The van der Waals surface area contributed by atoms with Crippen molar-refractivity contribution < 1.29 is 23.3 Å². The van der Waals surface area contributed by atoms with E-state index >= 15 is 0 Å². The van der Waals surface area contributed by atoms with Crippen molar-refractivity contribution in [2.45, 2.75) is 58.3 Å². The molecular formula is C23H32N5O5P. The van der Waals surface area contributed by atoms with Crippen molar-refractivity contribution in [2.75, 3.05) is 18.7 Å². The first kappa shape index (κ1) is 24.6. The highest BCUT2D eigenvalue weighted by Crippen LogP contribution is 2.44. The van der Waals surface area contributed by atoms with Gasteiger partial charge in [0.2, 0.25) is 0 Å². The molecule has 0 spiro atoms.